The van der Waals surface area contributed by atoms with Crippen LogP contribution in [0, 0.1) is 0 Å². The second-order valence-electron chi connectivity index (χ2n) is 10.3. The van der Waals surface area contributed by atoms with Crippen LogP contribution in [0.15, 0.2) is 42.5 Å². The van der Waals surface area contributed by atoms with Gasteiger partial charge in [-0.25, -0.2) is 4.79 Å². The highest BCUT2D eigenvalue weighted by atomic mass is 35.5. The maximum atomic E-state index is 13.0. The summed E-state index contributed by atoms with van der Waals surface area (Å²) < 4.78 is 5.57. The predicted molar refractivity (Wildman–Crippen MR) is 149 cm³/mol. The van der Waals surface area contributed by atoms with Gasteiger partial charge >= 0.3 is 17.8 Å². The SMILES string of the molecule is Nc1ccc(Cl)cc1N1CCN([C@@H](Cc2ccc(N3CCN(C4CCCOC4)CC3=O)cc2)C(=O)O)C(=O)C1=O. The Balaban J connectivity index is 1.23. The summed E-state index contributed by atoms with van der Waals surface area (Å²) in [5, 5.41) is 10.3. The first-order chi connectivity index (χ1) is 19.2. The van der Waals surface area contributed by atoms with Crippen molar-refractivity contribution in [1.82, 2.24) is 9.80 Å². The largest absolute Gasteiger partial charge is 0.480 e. The van der Waals surface area contributed by atoms with Crippen molar-refractivity contribution in [1.29, 1.82) is 0 Å². The molecule has 0 aliphatic carbocycles. The lowest BCUT2D eigenvalue weighted by atomic mass is 10.0. The molecule has 2 aromatic rings. The maximum Gasteiger partial charge on any atom is 0.326 e. The van der Waals surface area contributed by atoms with Gasteiger partial charge in [0.1, 0.15) is 6.04 Å². The molecule has 3 fully saturated rings. The predicted octanol–water partition coefficient (Wildman–Crippen LogP) is 1.62. The molecule has 0 spiro atoms. The number of nitrogen functional groups attached to an aromatic ring is 1. The Morgan fingerprint density at radius 3 is 2.45 bits per heavy atom. The fraction of sp³-hybridized carbons (Fsp3) is 0.429. The molecule has 3 saturated heterocycles. The van der Waals surface area contributed by atoms with Crippen molar-refractivity contribution in [3.05, 3.63) is 53.1 Å². The molecule has 3 aliphatic rings. The van der Waals surface area contributed by atoms with Crippen LogP contribution < -0.4 is 15.5 Å². The molecule has 3 N–H and O–H groups in total. The van der Waals surface area contributed by atoms with Crippen molar-refractivity contribution in [3.63, 3.8) is 0 Å². The molecule has 0 saturated carbocycles. The number of hydrogen-bond donors (Lipinski definition) is 2. The van der Waals surface area contributed by atoms with Gasteiger partial charge in [0.25, 0.3) is 0 Å². The van der Waals surface area contributed by atoms with E-state index in [1.54, 1.807) is 41.3 Å². The van der Waals surface area contributed by atoms with E-state index in [0.29, 0.717) is 36.0 Å². The number of ether oxygens (including phenoxy) is 1. The summed E-state index contributed by atoms with van der Waals surface area (Å²) in [4.78, 5) is 57.3. The molecule has 2 atom stereocenters. The Morgan fingerprint density at radius 1 is 1.02 bits per heavy atom. The van der Waals surface area contributed by atoms with E-state index < -0.39 is 23.8 Å². The van der Waals surface area contributed by atoms with Crippen LogP contribution in [0.5, 0.6) is 0 Å². The van der Waals surface area contributed by atoms with E-state index in [4.69, 9.17) is 22.1 Å². The van der Waals surface area contributed by atoms with Gasteiger partial charge in [0.15, 0.2) is 0 Å². The number of benzene rings is 2. The minimum atomic E-state index is -1.23. The van der Waals surface area contributed by atoms with Crippen molar-refractivity contribution in [2.75, 3.05) is 61.5 Å². The minimum Gasteiger partial charge on any atom is -0.480 e. The number of carbonyl (C=O) groups excluding carboxylic acids is 3. The number of hydrogen-bond acceptors (Lipinski definition) is 7. The molecule has 5 rings (SSSR count). The van der Waals surface area contributed by atoms with Gasteiger partial charge in [-0.05, 0) is 48.7 Å². The maximum absolute atomic E-state index is 13.0. The molecule has 12 heteroatoms. The molecule has 212 valence electrons. The Hall–Kier alpha value is -3.67. The van der Waals surface area contributed by atoms with Crippen LogP contribution >= 0.6 is 11.6 Å². The first-order valence-corrected chi connectivity index (χ1v) is 13.7. The van der Waals surface area contributed by atoms with Crippen LogP contribution in [0.3, 0.4) is 0 Å². The fourth-order valence-corrected chi connectivity index (χ4v) is 5.75. The molecular weight excluding hydrogens is 538 g/mol. The minimum absolute atomic E-state index is 0.00954. The van der Waals surface area contributed by atoms with Gasteiger partial charge in [0.05, 0.1) is 24.5 Å². The zero-order valence-electron chi connectivity index (χ0n) is 22.0. The first kappa shape index (κ1) is 27.9. The van der Waals surface area contributed by atoms with Crippen molar-refractivity contribution in [2.24, 2.45) is 0 Å². The third-order valence-electron chi connectivity index (χ3n) is 7.78. The van der Waals surface area contributed by atoms with E-state index in [9.17, 15) is 24.3 Å². The zero-order valence-corrected chi connectivity index (χ0v) is 22.8. The van der Waals surface area contributed by atoms with Crippen LogP contribution in [-0.4, -0.2) is 96.6 Å². The van der Waals surface area contributed by atoms with E-state index in [1.807, 2.05) is 0 Å². The highest BCUT2D eigenvalue weighted by Gasteiger charge is 2.40. The summed E-state index contributed by atoms with van der Waals surface area (Å²) in [6.07, 6.45) is 2.05. The van der Waals surface area contributed by atoms with Crippen LogP contribution in [-0.2, 0) is 30.3 Å². The lowest BCUT2D eigenvalue weighted by Gasteiger charge is -2.40. The second kappa shape index (κ2) is 11.8. The molecule has 3 aliphatic heterocycles. The number of halogens is 1. The summed E-state index contributed by atoms with van der Waals surface area (Å²) in [6, 6.07) is 10.8. The molecule has 1 unspecified atom stereocenters. The third kappa shape index (κ3) is 5.77. The fourth-order valence-electron chi connectivity index (χ4n) is 5.58. The molecule has 0 radical (unpaired) electrons. The number of carboxylic acids is 1. The highest BCUT2D eigenvalue weighted by Crippen LogP contribution is 2.29. The zero-order chi connectivity index (χ0) is 28.4. The number of aliphatic carboxylic acids is 1. The molecule has 0 aromatic heterocycles. The summed E-state index contributed by atoms with van der Waals surface area (Å²) in [5.74, 6) is -2.98. The third-order valence-corrected chi connectivity index (χ3v) is 8.01. The van der Waals surface area contributed by atoms with Gasteiger partial charge in [-0.2, -0.15) is 0 Å². The van der Waals surface area contributed by atoms with Gasteiger partial charge in [0.2, 0.25) is 5.91 Å². The van der Waals surface area contributed by atoms with Crippen LogP contribution in [0.4, 0.5) is 17.1 Å². The van der Waals surface area contributed by atoms with Gasteiger partial charge < -0.3 is 30.3 Å². The Labute approximate surface area is 237 Å². The smallest absolute Gasteiger partial charge is 0.326 e. The summed E-state index contributed by atoms with van der Waals surface area (Å²) in [5.41, 5.74) is 7.99. The monoisotopic (exact) mass is 569 g/mol. The van der Waals surface area contributed by atoms with E-state index in [0.717, 1.165) is 36.6 Å². The summed E-state index contributed by atoms with van der Waals surface area (Å²) >= 11 is 6.04. The Kier molecular flexibility index (Phi) is 8.24. The average molecular weight is 570 g/mol. The first-order valence-electron chi connectivity index (χ1n) is 13.3. The Bertz CT molecular complexity index is 1300. The quantitative estimate of drug-likeness (QED) is 0.379. The van der Waals surface area contributed by atoms with E-state index in [2.05, 4.69) is 4.90 Å². The molecule has 11 nitrogen and oxygen atoms in total. The number of carbonyl (C=O) groups is 4. The molecule has 3 heterocycles. The molecule has 3 amide bonds. The number of rotatable bonds is 7. The Morgan fingerprint density at radius 2 is 1.77 bits per heavy atom. The second-order valence-corrected chi connectivity index (χ2v) is 10.7. The van der Waals surface area contributed by atoms with Gasteiger partial charge in [-0.15, -0.1) is 0 Å². The van der Waals surface area contributed by atoms with Crippen molar-refractivity contribution in [2.45, 2.75) is 31.3 Å². The summed E-state index contributed by atoms with van der Waals surface area (Å²) in [7, 11) is 0. The lowest BCUT2D eigenvalue weighted by molar-refractivity contribution is -0.155. The molecule has 40 heavy (non-hydrogen) atoms. The topological polar surface area (TPSA) is 137 Å². The van der Waals surface area contributed by atoms with Crippen molar-refractivity contribution >= 4 is 52.4 Å². The standard InChI is InChI=1S/C28H32ClN5O6/c29-19-5-8-22(30)23(15-19)33-11-12-34(27(37)26(33)36)24(28(38)39)14-18-3-6-20(7-4-18)32-10-9-31(16-25(32)35)21-2-1-13-40-17-21/h3-8,15,21,24H,1-2,9-14,16-17,30H2,(H,38,39)/t21?,24-/m0/s1. The van der Waals surface area contributed by atoms with Crippen molar-refractivity contribution < 1.29 is 29.0 Å². The molecule has 0 bridgehead atoms. The van der Waals surface area contributed by atoms with E-state index >= 15 is 0 Å². The number of anilines is 3. The van der Waals surface area contributed by atoms with E-state index in [1.165, 1.54) is 11.0 Å². The number of nitrogens with two attached hydrogens (primary N) is 1. The highest BCUT2D eigenvalue weighted by molar-refractivity contribution is 6.41. The summed E-state index contributed by atoms with van der Waals surface area (Å²) in [6.45, 7) is 3.19. The van der Waals surface area contributed by atoms with E-state index in [-0.39, 0.29) is 37.1 Å². The van der Waals surface area contributed by atoms with Gasteiger partial charge in [-0.1, -0.05) is 23.7 Å². The molecular formula is C28H32ClN5O6. The number of carboxylic acid groups (broad SMARTS) is 1. The molecule has 2 aromatic carbocycles. The van der Waals surface area contributed by atoms with Crippen LogP contribution in [0.1, 0.15) is 18.4 Å². The van der Waals surface area contributed by atoms with Gasteiger partial charge in [-0.3, -0.25) is 19.3 Å². The van der Waals surface area contributed by atoms with Crippen molar-refractivity contribution in [3.8, 4) is 0 Å². The van der Waals surface area contributed by atoms with Crippen LogP contribution in [0.25, 0.3) is 0 Å². The number of nitrogens with zero attached hydrogens (tertiary/aromatic N) is 4. The number of piperazine rings is 2. The number of amides is 3. The average Bonchev–Trinajstić information content (AvgIpc) is 2.95. The lowest BCUT2D eigenvalue weighted by Crippen LogP contribution is -2.59. The van der Waals surface area contributed by atoms with Crippen LogP contribution in [0.2, 0.25) is 5.02 Å². The normalized spacial score (nSPS) is 21.6. The van der Waals surface area contributed by atoms with Gasteiger partial charge in [0, 0.05) is 56.0 Å².